The molecule has 4 atom stereocenters. The number of nitrogens with one attached hydrogen (secondary N) is 1. The highest BCUT2D eigenvalue weighted by Crippen LogP contribution is 2.43. The molecule has 0 rings (SSSR count). The average Bonchev–Trinajstić information content (AvgIpc) is 3.04. The fourth-order valence-corrected chi connectivity index (χ4v) is 5.93. The van der Waals surface area contributed by atoms with Crippen LogP contribution in [0.3, 0.4) is 0 Å². The van der Waals surface area contributed by atoms with Gasteiger partial charge in [0.2, 0.25) is 5.91 Å². The monoisotopic (exact) mass is 686 g/mol. The number of carbonyl (C=O) groups is 1. The number of phosphoric acid groups is 1. The standard InChI is InChI=1S/C37H71N2O7P/c1-3-5-7-9-11-13-15-16-17-19-21-23-25-27-29-36(41)35(33-46-47(43,44)45-31-30-38)39-37(42)32-34(40)28-26-24-22-20-18-14-12-10-8-6-4-2/h20,22,26-29,34-36,40-41H,3-19,21,23-25,30-33,38H2,1-2H3,(H,39,42)(H,43,44)/b22-20-,28-26-,29-27+. The highest BCUT2D eigenvalue weighted by molar-refractivity contribution is 7.47. The van der Waals surface area contributed by atoms with Crippen LogP contribution in [0.15, 0.2) is 36.5 Å². The van der Waals surface area contributed by atoms with Crippen molar-refractivity contribution in [2.24, 2.45) is 5.73 Å². The zero-order valence-electron chi connectivity index (χ0n) is 29.9. The summed E-state index contributed by atoms with van der Waals surface area (Å²) in [5.74, 6) is -0.515. The summed E-state index contributed by atoms with van der Waals surface area (Å²) in [4.78, 5) is 22.6. The van der Waals surface area contributed by atoms with E-state index in [4.69, 9.17) is 14.8 Å². The van der Waals surface area contributed by atoms with Gasteiger partial charge in [0, 0.05) is 6.54 Å². The fraction of sp³-hybridized carbons (Fsp3) is 0.811. The summed E-state index contributed by atoms with van der Waals surface area (Å²) < 4.78 is 21.9. The molecule has 0 aromatic heterocycles. The van der Waals surface area contributed by atoms with Crippen molar-refractivity contribution < 1.29 is 33.5 Å². The number of unbranched alkanes of at least 4 members (excludes halogenated alkanes) is 18. The molecule has 0 fully saturated rings. The van der Waals surface area contributed by atoms with Gasteiger partial charge in [-0.15, -0.1) is 0 Å². The van der Waals surface area contributed by atoms with Crippen molar-refractivity contribution in [1.82, 2.24) is 5.32 Å². The van der Waals surface area contributed by atoms with Crippen molar-refractivity contribution in [3.8, 4) is 0 Å². The van der Waals surface area contributed by atoms with Gasteiger partial charge in [0.05, 0.1) is 37.9 Å². The summed E-state index contributed by atoms with van der Waals surface area (Å²) in [7, 11) is -4.40. The molecular weight excluding hydrogens is 615 g/mol. The first-order valence-corrected chi connectivity index (χ1v) is 20.2. The molecule has 0 radical (unpaired) electrons. The molecule has 0 saturated heterocycles. The molecule has 0 aliphatic carbocycles. The van der Waals surface area contributed by atoms with Crippen molar-refractivity contribution in [1.29, 1.82) is 0 Å². The summed E-state index contributed by atoms with van der Waals surface area (Å²) in [6.45, 7) is 3.88. The van der Waals surface area contributed by atoms with E-state index in [2.05, 4.69) is 31.3 Å². The lowest BCUT2D eigenvalue weighted by Gasteiger charge is -2.23. The second-order valence-electron chi connectivity index (χ2n) is 12.6. The Morgan fingerprint density at radius 3 is 1.77 bits per heavy atom. The molecule has 47 heavy (non-hydrogen) atoms. The van der Waals surface area contributed by atoms with Crippen LogP contribution in [0.2, 0.25) is 0 Å². The molecule has 0 heterocycles. The highest BCUT2D eigenvalue weighted by atomic mass is 31.2. The van der Waals surface area contributed by atoms with E-state index in [-0.39, 0.29) is 19.6 Å². The van der Waals surface area contributed by atoms with Crippen LogP contribution in [0.25, 0.3) is 0 Å². The normalized spacial score (nSPS) is 15.4. The third kappa shape index (κ3) is 31.7. The number of phosphoric ester groups is 1. The molecule has 4 unspecified atom stereocenters. The SMILES string of the molecule is CCCCCCCC/C=C\C/C=C\C(O)CC(=O)NC(COP(=O)(O)OCCN)C(O)/C=C/CCCCCCCCCCCCCC. The molecule has 0 aromatic carbocycles. The maximum atomic E-state index is 12.7. The first-order valence-electron chi connectivity index (χ1n) is 18.7. The predicted molar refractivity (Wildman–Crippen MR) is 195 cm³/mol. The second kappa shape index (κ2) is 33.2. The van der Waals surface area contributed by atoms with E-state index in [1.807, 2.05) is 12.2 Å². The van der Waals surface area contributed by atoms with E-state index in [0.29, 0.717) is 6.42 Å². The molecule has 0 bridgehead atoms. The fourth-order valence-electron chi connectivity index (χ4n) is 5.17. The lowest BCUT2D eigenvalue weighted by atomic mass is 10.0. The maximum absolute atomic E-state index is 12.7. The number of allylic oxidation sites excluding steroid dienone is 4. The predicted octanol–water partition coefficient (Wildman–Crippen LogP) is 8.58. The van der Waals surface area contributed by atoms with Crippen LogP contribution in [0.5, 0.6) is 0 Å². The topological polar surface area (TPSA) is 151 Å². The average molecular weight is 687 g/mol. The Hall–Kier alpha value is -1.32. The number of nitrogens with two attached hydrogens (primary N) is 1. The quantitative estimate of drug-likeness (QED) is 0.0257. The van der Waals surface area contributed by atoms with Gasteiger partial charge in [0.15, 0.2) is 0 Å². The van der Waals surface area contributed by atoms with E-state index in [9.17, 15) is 24.5 Å². The molecule has 0 spiro atoms. The molecule has 6 N–H and O–H groups in total. The molecule has 0 saturated carbocycles. The van der Waals surface area contributed by atoms with Crippen molar-refractivity contribution in [3.05, 3.63) is 36.5 Å². The third-order valence-electron chi connectivity index (χ3n) is 8.02. The molecule has 10 heteroatoms. The first kappa shape index (κ1) is 45.7. The molecule has 0 aromatic rings. The molecular formula is C37H71N2O7P. The van der Waals surface area contributed by atoms with E-state index in [0.717, 1.165) is 25.7 Å². The van der Waals surface area contributed by atoms with E-state index in [1.54, 1.807) is 12.2 Å². The van der Waals surface area contributed by atoms with Crippen LogP contribution >= 0.6 is 7.82 Å². The summed E-state index contributed by atoms with van der Waals surface area (Å²) in [6, 6.07) is -1.01. The number of aliphatic hydroxyl groups is 2. The van der Waals surface area contributed by atoms with Gasteiger partial charge < -0.3 is 26.2 Å². The van der Waals surface area contributed by atoms with Crippen LogP contribution < -0.4 is 11.1 Å². The minimum absolute atomic E-state index is 0.0406. The number of hydrogen-bond donors (Lipinski definition) is 5. The Labute approximate surface area is 287 Å². The number of amides is 1. The molecule has 1 amide bonds. The molecule has 0 aliphatic heterocycles. The zero-order chi connectivity index (χ0) is 34.9. The Balaban J connectivity index is 4.57. The van der Waals surface area contributed by atoms with Gasteiger partial charge in [0.1, 0.15) is 0 Å². The lowest BCUT2D eigenvalue weighted by Crippen LogP contribution is -2.46. The Morgan fingerprint density at radius 2 is 1.23 bits per heavy atom. The number of rotatable bonds is 34. The van der Waals surface area contributed by atoms with E-state index in [1.165, 1.54) is 103 Å². The second-order valence-corrected chi connectivity index (χ2v) is 14.1. The van der Waals surface area contributed by atoms with Crippen LogP contribution in [-0.4, -0.2) is 59.0 Å². The van der Waals surface area contributed by atoms with Crippen LogP contribution in [0, 0.1) is 0 Å². The van der Waals surface area contributed by atoms with E-state index >= 15 is 0 Å². The van der Waals surface area contributed by atoms with Crippen molar-refractivity contribution in [2.75, 3.05) is 19.8 Å². The van der Waals surface area contributed by atoms with Crippen LogP contribution in [0.1, 0.15) is 155 Å². The summed E-state index contributed by atoms with van der Waals surface area (Å²) >= 11 is 0. The molecule has 276 valence electrons. The van der Waals surface area contributed by atoms with E-state index < -0.39 is 38.6 Å². The molecule has 0 aliphatic rings. The first-order chi connectivity index (χ1) is 22.8. The lowest BCUT2D eigenvalue weighted by molar-refractivity contribution is -0.124. The highest BCUT2D eigenvalue weighted by Gasteiger charge is 2.27. The van der Waals surface area contributed by atoms with Gasteiger partial charge in [-0.1, -0.05) is 153 Å². The Bertz CT molecular complexity index is 853. The summed E-state index contributed by atoms with van der Waals surface area (Å²) in [5.41, 5.74) is 5.33. The van der Waals surface area contributed by atoms with Gasteiger partial charge in [0.25, 0.3) is 0 Å². The minimum atomic E-state index is -4.40. The Morgan fingerprint density at radius 1 is 0.723 bits per heavy atom. The van der Waals surface area contributed by atoms with Crippen molar-refractivity contribution in [3.63, 3.8) is 0 Å². The van der Waals surface area contributed by atoms with Gasteiger partial charge >= 0.3 is 7.82 Å². The summed E-state index contributed by atoms with van der Waals surface area (Å²) in [5, 5.41) is 23.7. The smallest absolute Gasteiger partial charge is 0.389 e. The van der Waals surface area contributed by atoms with Crippen LogP contribution in [0.4, 0.5) is 0 Å². The third-order valence-corrected chi connectivity index (χ3v) is 9.01. The maximum Gasteiger partial charge on any atom is 0.472 e. The minimum Gasteiger partial charge on any atom is -0.389 e. The zero-order valence-corrected chi connectivity index (χ0v) is 30.8. The van der Waals surface area contributed by atoms with Gasteiger partial charge in [-0.25, -0.2) is 4.57 Å². The van der Waals surface area contributed by atoms with Gasteiger partial charge in [-0.2, -0.15) is 0 Å². The number of carbonyl (C=O) groups excluding carboxylic acids is 1. The van der Waals surface area contributed by atoms with Crippen molar-refractivity contribution in [2.45, 2.75) is 173 Å². The number of hydrogen-bond acceptors (Lipinski definition) is 7. The largest absolute Gasteiger partial charge is 0.472 e. The Kier molecular flexibility index (Phi) is 32.3. The van der Waals surface area contributed by atoms with Gasteiger partial charge in [-0.05, 0) is 32.1 Å². The molecule has 9 nitrogen and oxygen atoms in total. The number of aliphatic hydroxyl groups excluding tert-OH is 2. The van der Waals surface area contributed by atoms with Gasteiger partial charge in [-0.3, -0.25) is 13.8 Å². The summed E-state index contributed by atoms with van der Waals surface area (Å²) in [6.07, 6.45) is 34.0. The van der Waals surface area contributed by atoms with Crippen LogP contribution in [-0.2, 0) is 18.4 Å². The van der Waals surface area contributed by atoms with Crippen molar-refractivity contribution >= 4 is 13.7 Å².